The topological polar surface area (TPSA) is 38.2 Å². The summed E-state index contributed by atoms with van der Waals surface area (Å²) in [6.07, 6.45) is 4.44. The molecule has 18 heavy (non-hydrogen) atoms. The van der Waals surface area contributed by atoms with Crippen molar-refractivity contribution in [1.82, 2.24) is 9.97 Å². The van der Waals surface area contributed by atoms with Crippen LogP contribution in [0.5, 0.6) is 5.88 Å². The number of nitrogens with zero attached hydrogens (tertiary/aromatic N) is 3. The molecule has 0 aromatic carbocycles. The van der Waals surface area contributed by atoms with Crippen LogP contribution in [-0.4, -0.2) is 34.5 Å². The molecular formula is C13H22ClN3O. The number of alkyl halides is 1. The molecule has 0 amide bonds. The van der Waals surface area contributed by atoms with E-state index in [1.165, 1.54) is 0 Å². The Morgan fingerprint density at radius 1 is 1.28 bits per heavy atom. The zero-order valence-electron chi connectivity index (χ0n) is 11.6. The van der Waals surface area contributed by atoms with Gasteiger partial charge in [-0.2, -0.15) is 4.98 Å². The Morgan fingerprint density at radius 2 is 2.00 bits per heavy atom. The van der Waals surface area contributed by atoms with Crippen LogP contribution in [0.15, 0.2) is 12.4 Å². The van der Waals surface area contributed by atoms with E-state index in [2.05, 4.69) is 28.7 Å². The van der Waals surface area contributed by atoms with Crippen molar-refractivity contribution >= 4 is 17.4 Å². The zero-order chi connectivity index (χ0) is 13.5. The fourth-order valence-electron chi connectivity index (χ4n) is 1.64. The first-order chi connectivity index (χ1) is 8.54. The van der Waals surface area contributed by atoms with Gasteiger partial charge in [-0.05, 0) is 34.1 Å². The predicted molar refractivity (Wildman–Crippen MR) is 75.6 cm³/mol. The smallest absolute Gasteiger partial charge is 0.234 e. The van der Waals surface area contributed by atoms with Gasteiger partial charge in [-0.3, -0.25) is 4.98 Å². The summed E-state index contributed by atoms with van der Waals surface area (Å²) >= 11 is 5.75. The molecular weight excluding hydrogens is 250 g/mol. The van der Waals surface area contributed by atoms with Crippen LogP contribution in [-0.2, 0) is 0 Å². The van der Waals surface area contributed by atoms with E-state index >= 15 is 0 Å². The van der Waals surface area contributed by atoms with Crippen molar-refractivity contribution < 1.29 is 4.74 Å². The molecule has 0 spiro atoms. The Bertz CT molecular complexity index is 358. The normalized spacial score (nSPS) is 11.1. The number of halogens is 1. The van der Waals surface area contributed by atoms with Crippen LogP contribution in [0.3, 0.4) is 0 Å². The van der Waals surface area contributed by atoms with Gasteiger partial charge >= 0.3 is 0 Å². The molecule has 0 aliphatic rings. The quantitative estimate of drug-likeness (QED) is 0.714. The molecule has 1 aromatic heterocycles. The Morgan fingerprint density at radius 3 is 2.56 bits per heavy atom. The SMILES string of the molecule is CC(C)Oc1cncc(N(CCCCl)C(C)C)n1. The van der Waals surface area contributed by atoms with Crippen molar-refractivity contribution in [3.8, 4) is 5.88 Å². The Kier molecular flexibility index (Phi) is 6.19. The van der Waals surface area contributed by atoms with Crippen molar-refractivity contribution in [3.05, 3.63) is 12.4 Å². The van der Waals surface area contributed by atoms with Crippen LogP contribution in [0, 0.1) is 0 Å². The third-order valence-corrected chi connectivity index (χ3v) is 2.67. The summed E-state index contributed by atoms with van der Waals surface area (Å²) in [4.78, 5) is 10.9. The van der Waals surface area contributed by atoms with Crippen LogP contribution in [0.2, 0.25) is 0 Å². The second-order valence-corrected chi connectivity index (χ2v) is 5.09. The van der Waals surface area contributed by atoms with Crippen LogP contribution in [0.1, 0.15) is 34.1 Å². The molecule has 0 saturated carbocycles. The average molecular weight is 272 g/mol. The average Bonchev–Trinajstić information content (AvgIpc) is 2.28. The van der Waals surface area contributed by atoms with Crippen molar-refractivity contribution in [2.45, 2.75) is 46.3 Å². The number of anilines is 1. The first kappa shape index (κ1) is 15.0. The number of aromatic nitrogens is 2. The van der Waals surface area contributed by atoms with E-state index in [1.54, 1.807) is 12.4 Å². The molecule has 0 bridgehead atoms. The highest BCUT2D eigenvalue weighted by molar-refractivity contribution is 6.17. The lowest BCUT2D eigenvalue weighted by Crippen LogP contribution is -2.32. The van der Waals surface area contributed by atoms with Gasteiger partial charge in [0, 0.05) is 18.5 Å². The second-order valence-electron chi connectivity index (χ2n) is 4.71. The molecule has 0 saturated heterocycles. The Labute approximate surface area is 114 Å². The van der Waals surface area contributed by atoms with E-state index < -0.39 is 0 Å². The molecule has 0 unspecified atom stereocenters. The monoisotopic (exact) mass is 271 g/mol. The maximum Gasteiger partial charge on any atom is 0.234 e. The molecule has 5 heteroatoms. The number of ether oxygens (including phenoxy) is 1. The lowest BCUT2D eigenvalue weighted by atomic mass is 10.3. The van der Waals surface area contributed by atoms with Gasteiger partial charge in [0.2, 0.25) is 5.88 Å². The van der Waals surface area contributed by atoms with E-state index in [0.29, 0.717) is 17.8 Å². The van der Waals surface area contributed by atoms with Crippen LogP contribution >= 0.6 is 11.6 Å². The van der Waals surface area contributed by atoms with E-state index in [1.807, 2.05) is 13.8 Å². The van der Waals surface area contributed by atoms with E-state index in [9.17, 15) is 0 Å². The minimum absolute atomic E-state index is 0.102. The number of hydrogen-bond donors (Lipinski definition) is 0. The van der Waals surface area contributed by atoms with E-state index in [-0.39, 0.29) is 6.10 Å². The first-order valence-corrected chi connectivity index (χ1v) is 6.89. The molecule has 1 aromatic rings. The van der Waals surface area contributed by atoms with Gasteiger partial charge in [0.05, 0.1) is 18.5 Å². The van der Waals surface area contributed by atoms with Crippen molar-refractivity contribution in [2.24, 2.45) is 0 Å². The maximum absolute atomic E-state index is 5.75. The molecule has 1 heterocycles. The molecule has 1 rings (SSSR count). The van der Waals surface area contributed by atoms with Gasteiger partial charge in [-0.15, -0.1) is 11.6 Å². The minimum Gasteiger partial charge on any atom is -0.474 e. The largest absolute Gasteiger partial charge is 0.474 e. The molecule has 4 nitrogen and oxygen atoms in total. The number of rotatable bonds is 7. The minimum atomic E-state index is 0.102. The third-order valence-electron chi connectivity index (χ3n) is 2.41. The fraction of sp³-hybridized carbons (Fsp3) is 0.692. The lowest BCUT2D eigenvalue weighted by molar-refractivity contribution is 0.231. The number of hydrogen-bond acceptors (Lipinski definition) is 4. The highest BCUT2D eigenvalue weighted by Gasteiger charge is 2.13. The first-order valence-electron chi connectivity index (χ1n) is 6.36. The maximum atomic E-state index is 5.75. The fourth-order valence-corrected chi connectivity index (χ4v) is 1.76. The molecule has 102 valence electrons. The molecule has 0 N–H and O–H groups in total. The van der Waals surface area contributed by atoms with Gasteiger partial charge in [0.15, 0.2) is 5.82 Å². The summed E-state index contributed by atoms with van der Waals surface area (Å²) in [7, 11) is 0. The molecule has 0 aliphatic heterocycles. The van der Waals surface area contributed by atoms with Gasteiger partial charge in [-0.1, -0.05) is 0 Å². The van der Waals surface area contributed by atoms with Gasteiger partial charge in [0.1, 0.15) is 0 Å². The van der Waals surface area contributed by atoms with E-state index in [4.69, 9.17) is 16.3 Å². The van der Waals surface area contributed by atoms with Crippen molar-refractivity contribution in [2.75, 3.05) is 17.3 Å². The summed E-state index contributed by atoms with van der Waals surface area (Å²) in [5.74, 6) is 2.06. The van der Waals surface area contributed by atoms with Crippen LogP contribution < -0.4 is 9.64 Å². The summed E-state index contributed by atoms with van der Waals surface area (Å²) in [5.41, 5.74) is 0. The summed E-state index contributed by atoms with van der Waals surface area (Å²) in [5, 5.41) is 0. The molecule has 0 atom stereocenters. The molecule has 0 fully saturated rings. The van der Waals surface area contributed by atoms with Crippen molar-refractivity contribution in [1.29, 1.82) is 0 Å². The van der Waals surface area contributed by atoms with Gasteiger partial charge in [0.25, 0.3) is 0 Å². The molecule has 0 radical (unpaired) electrons. The standard InChI is InChI=1S/C13H22ClN3O/c1-10(2)17(7-5-6-14)12-8-15-9-13(16-12)18-11(3)4/h8-11H,5-7H2,1-4H3. The lowest BCUT2D eigenvalue weighted by Gasteiger charge is -2.27. The zero-order valence-corrected chi connectivity index (χ0v) is 12.3. The van der Waals surface area contributed by atoms with Crippen molar-refractivity contribution in [3.63, 3.8) is 0 Å². The van der Waals surface area contributed by atoms with Gasteiger partial charge < -0.3 is 9.64 Å². The summed E-state index contributed by atoms with van der Waals surface area (Å²) in [6, 6.07) is 0.358. The molecule has 0 aliphatic carbocycles. The Balaban J connectivity index is 2.83. The van der Waals surface area contributed by atoms with Crippen LogP contribution in [0.4, 0.5) is 5.82 Å². The highest BCUT2D eigenvalue weighted by atomic mass is 35.5. The third kappa shape index (κ3) is 4.69. The van der Waals surface area contributed by atoms with E-state index in [0.717, 1.165) is 18.8 Å². The summed E-state index contributed by atoms with van der Waals surface area (Å²) < 4.78 is 5.56. The Hall–Kier alpha value is -1.03. The second kappa shape index (κ2) is 7.41. The summed E-state index contributed by atoms with van der Waals surface area (Å²) in [6.45, 7) is 9.09. The highest BCUT2D eigenvalue weighted by Crippen LogP contribution is 2.17. The van der Waals surface area contributed by atoms with Gasteiger partial charge in [-0.25, -0.2) is 0 Å². The predicted octanol–water partition coefficient (Wildman–Crippen LogP) is 3.11. The van der Waals surface area contributed by atoms with Crippen LogP contribution in [0.25, 0.3) is 0 Å².